The zero-order valence-corrected chi connectivity index (χ0v) is 16.9. The van der Waals surface area contributed by atoms with Gasteiger partial charge in [-0.05, 0) is 69.6 Å². The predicted molar refractivity (Wildman–Crippen MR) is 101 cm³/mol. The van der Waals surface area contributed by atoms with Crippen LogP contribution >= 0.6 is 0 Å². The lowest BCUT2D eigenvalue weighted by Gasteiger charge is -2.62. The van der Waals surface area contributed by atoms with Crippen molar-refractivity contribution in [3.05, 3.63) is 12.2 Å². The highest BCUT2D eigenvalue weighted by molar-refractivity contribution is 5.68. The number of amides is 1. The molecule has 148 valence electrons. The Hall–Kier alpha value is -1.07. The molecule has 3 saturated carbocycles. The molecule has 26 heavy (non-hydrogen) atoms. The number of nitrogens with one attached hydrogen (secondary N) is 1. The standard InChI is InChI=1S/C21H35NO4/c1-20(2,3)26-19(23)22-18-14(10-15-11-17(18)21(15,4)5)8-6-7-9-16-12-24-13-25-16/h6-7,14-18H,8-13H2,1-5H3,(H,22,23)/b7-6-/t14-,15-,16?,17-,18+/m0/s1. The maximum atomic E-state index is 12.4. The summed E-state index contributed by atoms with van der Waals surface area (Å²) in [5.41, 5.74) is -0.149. The van der Waals surface area contributed by atoms with Crippen molar-refractivity contribution < 1.29 is 19.0 Å². The Labute approximate surface area is 157 Å². The molecule has 1 saturated heterocycles. The van der Waals surface area contributed by atoms with E-state index in [4.69, 9.17) is 14.2 Å². The molecule has 4 rings (SSSR count). The highest BCUT2D eigenvalue weighted by Crippen LogP contribution is 2.61. The second-order valence-corrected chi connectivity index (χ2v) is 9.75. The van der Waals surface area contributed by atoms with Crippen molar-refractivity contribution in [2.24, 2.45) is 23.2 Å². The molecule has 0 aromatic heterocycles. The summed E-state index contributed by atoms with van der Waals surface area (Å²) in [6.07, 6.45) is 8.67. The van der Waals surface area contributed by atoms with E-state index in [9.17, 15) is 4.79 Å². The third-order valence-electron chi connectivity index (χ3n) is 6.45. The van der Waals surface area contributed by atoms with E-state index in [1.54, 1.807) is 0 Å². The first-order valence-corrected chi connectivity index (χ1v) is 10.0. The molecule has 5 nitrogen and oxygen atoms in total. The van der Waals surface area contributed by atoms with Gasteiger partial charge in [-0.25, -0.2) is 4.79 Å². The maximum Gasteiger partial charge on any atom is 0.407 e. The molecule has 4 fully saturated rings. The normalized spacial score (nSPS) is 36.0. The van der Waals surface area contributed by atoms with Crippen molar-refractivity contribution >= 4 is 6.09 Å². The summed E-state index contributed by atoms with van der Waals surface area (Å²) < 4.78 is 16.2. The van der Waals surface area contributed by atoms with E-state index < -0.39 is 5.60 Å². The average Bonchev–Trinajstić information content (AvgIpc) is 3.03. The van der Waals surface area contributed by atoms with Crippen molar-refractivity contribution in [3.63, 3.8) is 0 Å². The number of allylic oxidation sites excluding steroid dienone is 1. The molecule has 0 aromatic carbocycles. The fourth-order valence-corrected chi connectivity index (χ4v) is 4.84. The SMILES string of the molecule is CC(C)(C)OC(=O)N[C@@H]1[C@@H](C/C=C\CC2COCO2)C[C@H]2C[C@@H]1C2(C)C. The van der Waals surface area contributed by atoms with Gasteiger partial charge in [-0.3, -0.25) is 0 Å². The second-order valence-electron chi connectivity index (χ2n) is 9.75. The largest absolute Gasteiger partial charge is 0.444 e. The molecule has 0 spiro atoms. The molecule has 2 bridgehead atoms. The Kier molecular flexibility index (Phi) is 5.69. The van der Waals surface area contributed by atoms with Crippen LogP contribution in [0.4, 0.5) is 4.79 Å². The van der Waals surface area contributed by atoms with E-state index in [-0.39, 0.29) is 18.2 Å². The zero-order chi connectivity index (χ0) is 18.9. The molecule has 5 atom stereocenters. The van der Waals surface area contributed by atoms with Crippen LogP contribution in [0, 0.1) is 23.2 Å². The van der Waals surface area contributed by atoms with Crippen LogP contribution in [-0.2, 0) is 14.2 Å². The first-order valence-electron chi connectivity index (χ1n) is 10.0. The smallest absolute Gasteiger partial charge is 0.407 e. The number of ether oxygens (including phenoxy) is 3. The second kappa shape index (κ2) is 7.51. The van der Waals surface area contributed by atoms with Gasteiger partial charge in [-0.1, -0.05) is 26.0 Å². The van der Waals surface area contributed by atoms with E-state index >= 15 is 0 Å². The van der Waals surface area contributed by atoms with Crippen molar-refractivity contribution in [2.75, 3.05) is 13.4 Å². The van der Waals surface area contributed by atoms with Gasteiger partial charge in [0.2, 0.25) is 0 Å². The lowest BCUT2D eigenvalue weighted by molar-refractivity contribution is -0.113. The number of carbonyl (C=O) groups is 1. The lowest BCUT2D eigenvalue weighted by atomic mass is 9.44. The van der Waals surface area contributed by atoms with E-state index in [1.807, 2.05) is 20.8 Å². The summed E-state index contributed by atoms with van der Waals surface area (Å²) in [6, 6.07) is 0.195. The van der Waals surface area contributed by atoms with Crippen LogP contribution in [-0.4, -0.2) is 37.2 Å². The summed E-state index contributed by atoms with van der Waals surface area (Å²) in [7, 11) is 0. The number of carbonyl (C=O) groups excluding carboxylic acids is 1. The summed E-state index contributed by atoms with van der Waals surface area (Å²) in [4.78, 5) is 12.4. The Morgan fingerprint density at radius 1 is 1.23 bits per heavy atom. The maximum absolute atomic E-state index is 12.4. The molecule has 0 radical (unpaired) electrons. The number of alkyl carbamates (subject to hydrolysis) is 1. The fourth-order valence-electron chi connectivity index (χ4n) is 4.84. The Morgan fingerprint density at radius 3 is 2.58 bits per heavy atom. The minimum atomic E-state index is -0.463. The van der Waals surface area contributed by atoms with Gasteiger partial charge in [-0.15, -0.1) is 0 Å². The van der Waals surface area contributed by atoms with E-state index in [2.05, 4.69) is 31.3 Å². The number of fused-ring (bicyclic) bond motifs is 2. The number of hydrogen-bond donors (Lipinski definition) is 1. The van der Waals surface area contributed by atoms with Crippen LogP contribution in [0.5, 0.6) is 0 Å². The average molecular weight is 366 g/mol. The molecule has 1 heterocycles. The zero-order valence-electron chi connectivity index (χ0n) is 16.9. The van der Waals surface area contributed by atoms with Gasteiger partial charge in [-0.2, -0.15) is 0 Å². The molecule has 3 aliphatic carbocycles. The monoisotopic (exact) mass is 365 g/mol. The lowest BCUT2D eigenvalue weighted by Crippen LogP contribution is -2.63. The van der Waals surface area contributed by atoms with Gasteiger partial charge < -0.3 is 19.5 Å². The van der Waals surface area contributed by atoms with Crippen LogP contribution in [0.1, 0.15) is 60.3 Å². The summed E-state index contributed by atoms with van der Waals surface area (Å²) in [6.45, 7) is 11.5. The van der Waals surface area contributed by atoms with Crippen LogP contribution in [0.15, 0.2) is 12.2 Å². The van der Waals surface area contributed by atoms with Crippen LogP contribution in [0.25, 0.3) is 0 Å². The molecular weight excluding hydrogens is 330 g/mol. The van der Waals surface area contributed by atoms with Crippen LogP contribution < -0.4 is 5.32 Å². The van der Waals surface area contributed by atoms with Crippen molar-refractivity contribution in [3.8, 4) is 0 Å². The summed E-state index contributed by atoms with van der Waals surface area (Å²) in [5.74, 6) is 1.80. The molecule has 5 heteroatoms. The topological polar surface area (TPSA) is 56.8 Å². The fraction of sp³-hybridized carbons (Fsp3) is 0.857. The van der Waals surface area contributed by atoms with Gasteiger partial charge in [0.25, 0.3) is 0 Å². The van der Waals surface area contributed by atoms with Gasteiger partial charge in [0.05, 0.1) is 12.7 Å². The van der Waals surface area contributed by atoms with Crippen molar-refractivity contribution in [1.29, 1.82) is 0 Å². The van der Waals surface area contributed by atoms with Crippen LogP contribution in [0.2, 0.25) is 0 Å². The van der Waals surface area contributed by atoms with Crippen molar-refractivity contribution in [2.45, 2.75) is 78.0 Å². The Bertz CT molecular complexity index is 531. The van der Waals surface area contributed by atoms with E-state index in [0.717, 1.165) is 18.8 Å². The van der Waals surface area contributed by atoms with Crippen molar-refractivity contribution in [1.82, 2.24) is 5.32 Å². The van der Waals surface area contributed by atoms with Crippen LogP contribution in [0.3, 0.4) is 0 Å². The third-order valence-corrected chi connectivity index (χ3v) is 6.45. The highest BCUT2D eigenvalue weighted by atomic mass is 16.7. The quantitative estimate of drug-likeness (QED) is 0.739. The molecule has 4 aliphatic rings. The molecule has 1 unspecified atom stereocenters. The molecule has 1 amide bonds. The third kappa shape index (κ3) is 4.42. The van der Waals surface area contributed by atoms with Gasteiger partial charge in [0.1, 0.15) is 12.4 Å². The summed E-state index contributed by atoms with van der Waals surface area (Å²) >= 11 is 0. The summed E-state index contributed by atoms with van der Waals surface area (Å²) in [5, 5.41) is 3.21. The van der Waals surface area contributed by atoms with Gasteiger partial charge in [0.15, 0.2) is 0 Å². The molecule has 0 aromatic rings. The Morgan fingerprint density at radius 2 is 1.96 bits per heavy atom. The molecular formula is C21H35NO4. The number of rotatable bonds is 5. The van der Waals surface area contributed by atoms with E-state index in [0.29, 0.717) is 30.7 Å². The first kappa shape index (κ1) is 19.7. The molecule has 1 aliphatic heterocycles. The van der Waals surface area contributed by atoms with Gasteiger partial charge >= 0.3 is 6.09 Å². The Balaban J connectivity index is 1.57. The minimum Gasteiger partial charge on any atom is -0.444 e. The van der Waals surface area contributed by atoms with E-state index in [1.165, 1.54) is 12.8 Å². The number of hydrogen-bond acceptors (Lipinski definition) is 4. The first-order chi connectivity index (χ1) is 12.2. The highest BCUT2D eigenvalue weighted by Gasteiger charge is 2.57. The minimum absolute atomic E-state index is 0.195. The van der Waals surface area contributed by atoms with Gasteiger partial charge in [0, 0.05) is 6.04 Å². The molecule has 1 N–H and O–H groups in total. The predicted octanol–water partition coefficient (Wildman–Crippen LogP) is 4.27.